The molecule has 11 nitrogen and oxygen atoms in total. The molecule has 1 aromatic carbocycles. The molecule has 0 radical (unpaired) electrons. The van der Waals surface area contributed by atoms with Crippen LogP contribution in [0.5, 0.6) is 0 Å². The number of benzene rings is 1. The molecule has 0 amide bonds. The van der Waals surface area contributed by atoms with Gasteiger partial charge in [0.25, 0.3) is 0 Å². The van der Waals surface area contributed by atoms with Gasteiger partial charge >= 0.3 is 5.97 Å². The Hall–Kier alpha value is -4.68. The SMILES string of the molecule is CCc1cnc(N2CCC(n3cc(F)c4c(Nc5ccc(C6=NC(C(=O)OC)CO6)cc5F)ncnc43)CC2)nc1. The molecule has 13 heteroatoms. The summed E-state index contributed by atoms with van der Waals surface area (Å²) in [6.07, 6.45) is 8.87. The first-order valence-corrected chi connectivity index (χ1v) is 13.4. The highest BCUT2D eigenvalue weighted by molar-refractivity contribution is 5.98. The van der Waals surface area contributed by atoms with Crippen LogP contribution in [0.4, 0.5) is 26.2 Å². The first kappa shape index (κ1) is 26.5. The van der Waals surface area contributed by atoms with E-state index in [4.69, 9.17) is 4.74 Å². The van der Waals surface area contributed by atoms with Crippen molar-refractivity contribution >= 4 is 40.4 Å². The van der Waals surface area contributed by atoms with Crippen LogP contribution in [0.3, 0.4) is 0 Å². The summed E-state index contributed by atoms with van der Waals surface area (Å²) in [7, 11) is 1.27. The number of halogens is 2. The molecule has 41 heavy (non-hydrogen) atoms. The molecule has 1 N–H and O–H groups in total. The van der Waals surface area contributed by atoms with Gasteiger partial charge in [-0.05, 0) is 43.0 Å². The third-order valence-corrected chi connectivity index (χ3v) is 7.40. The number of carbonyl (C=O) groups excluding carboxylic acids is 1. The summed E-state index contributed by atoms with van der Waals surface area (Å²) in [6, 6.07) is 3.54. The van der Waals surface area contributed by atoms with Crippen molar-refractivity contribution in [3.63, 3.8) is 0 Å². The van der Waals surface area contributed by atoms with Crippen LogP contribution < -0.4 is 10.2 Å². The Morgan fingerprint density at radius 2 is 1.90 bits per heavy atom. The number of aromatic nitrogens is 5. The minimum Gasteiger partial charge on any atom is -0.475 e. The molecule has 0 spiro atoms. The zero-order valence-electron chi connectivity index (χ0n) is 22.5. The summed E-state index contributed by atoms with van der Waals surface area (Å²) >= 11 is 0. The molecule has 2 aliphatic rings. The molecule has 6 rings (SSSR count). The van der Waals surface area contributed by atoms with Gasteiger partial charge in [0.05, 0.1) is 18.2 Å². The fourth-order valence-electron chi connectivity index (χ4n) is 5.12. The lowest BCUT2D eigenvalue weighted by Crippen LogP contribution is -2.35. The monoisotopic (exact) mass is 562 g/mol. The highest BCUT2D eigenvalue weighted by Gasteiger charge is 2.28. The molecule has 0 aliphatic carbocycles. The molecule has 1 unspecified atom stereocenters. The normalized spacial score (nSPS) is 17.4. The first-order chi connectivity index (χ1) is 19.9. The molecule has 1 fully saturated rings. The number of piperidine rings is 1. The second-order valence-corrected chi connectivity index (χ2v) is 9.87. The highest BCUT2D eigenvalue weighted by atomic mass is 19.1. The van der Waals surface area contributed by atoms with Crippen LogP contribution in [-0.2, 0) is 20.7 Å². The third-order valence-electron chi connectivity index (χ3n) is 7.40. The molecule has 0 bridgehead atoms. The highest BCUT2D eigenvalue weighted by Crippen LogP contribution is 2.33. The lowest BCUT2D eigenvalue weighted by Gasteiger charge is -2.32. The van der Waals surface area contributed by atoms with Crippen LogP contribution in [0.25, 0.3) is 11.0 Å². The zero-order valence-corrected chi connectivity index (χ0v) is 22.5. The van der Waals surface area contributed by atoms with E-state index in [2.05, 4.69) is 46.8 Å². The van der Waals surface area contributed by atoms with Crippen LogP contribution in [0.2, 0.25) is 0 Å². The van der Waals surface area contributed by atoms with E-state index in [1.807, 2.05) is 17.0 Å². The summed E-state index contributed by atoms with van der Waals surface area (Å²) in [5, 5.41) is 3.09. The van der Waals surface area contributed by atoms with E-state index in [-0.39, 0.29) is 35.4 Å². The van der Waals surface area contributed by atoms with E-state index in [1.54, 1.807) is 6.07 Å². The van der Waals surface area contributed by atoms with Crippen LogP contribution >= 0.6 is 0 Å². The number of hydrogen-bond donors (Lipinski definition) is 1. The van der Waals surface area contributed by atoms with Gasteiger partial charge in [-0.15, -0.1) is 0 Å². The summed E-state index contributed by atoms with van der Waals surface area (Å²) in [4.78, 5) is 35.5. The van der Waals surface area contributed by atoms with Gasteiger partial charge in [0.2, 0.25) is 11.8 Å². The number of nitrogens with one attached hydrogen (secondary N) is 1. The summed E-state index contributed by atoms with van der Waals surface area (Å²) in [5.41, 5.74) is 1.97. The van der Waals surface area contributed by atoms with Gasteiger partial charge in [0.15, 0.2) is 11.9 Å². The third kappa shape index (κ3) is 5.14. The molecular weight excluding hydrogens is 534 g/mol. The molecule has 4 aromatic rings. The Bertz CT molecular complexity index is 1620. The number of rotatable bonds is 7. The fourth-order valence-corrected chi connectivity index (χ4v) is 5.12. The molecule has 5 heterocycles. The zero-order chi connectivity index (χ0) is 28.5. The van der Waals surface area contributed by atoms with Gasteiger partial charge in [-0.25, -0.2) is 38.5 Å². The Morgan fingerprint density at radius 1 is 1.12 bits per heavy atom. The number of esters is 1. The van der Waals surface area contributed by atoms with Crippen molar-refractivity contribution in [3.8, 4) is 0 Å². The lowest BCUT2D eigenvalue weighted by molar-refractivity contribution is -0.142. The minimum atomic E-state index is -0.787. The second-order valence-electron chi connectivity index (χ2n) is 9.87. The quantitative estimate of drug-likeness (QED) is 0.334. The van der Waals surface area contributed by atoms with Gasteiger partial charge in [-0.2, -0.15) is 0 Å². The van der Waals surface area contributed by atoms with Crippen molar-refractivity contribution in [3.05, 3.63) is 65.9 Å². The number of carbonyl (C=O) groups is 1. The average Bonchev–Trinajstić information content (AvgIpc) is 3.64. The topological polar surface area (TPSA) is 120 Å². The first-order valence-electron chi connectivity index (χ1n) is 13.4. The number of methoxy groups -OCH3 is 1. The summed E-state index contributed by atoms with van der Waals surface area (Å²) < 4.78 is 42.4. The van der Waals surface area contributed by atoms with Crippen molar-refractivity contribution in [2.75, 3.05) is 37.0 Å². The standard InChI is InChI=1S/C28H28F2N8O3/c1-3-16-11-31-28(32-12-16)37-8-6-18(7-9-37)38-13-20(30)23-24(33-15-34-25(23)38)35-21-5-4-17(10-19(21)29)26-36-22(14-41-26)27(39)40-2/h4-5,10-13,15,18,22H,3,6-9,14H2,1-2H3,(H,33,34,35). The van der Waals surface area contributed by atoms with E-state index in [0.29, 0.717) is 17.2 Å². The minimum absolute atomic E-state index is 0.0212. The maximum absolute atomic E-state index is 15.3. The maximum Gasteiger partial charge on any atom is 0.334 e. The largest absolute Gasteiger partial charge is 0.475 e. The van der Waals surface area contributed by atoms with Gasteiger partial charge in [-0.3, -0.25) is 0 Å². The number of nitrogens with zero attached hydrogens (tertiary/aromatic N) is 7. The van der Waals surface area contributed by atoms with E-state index in [1.165, 1.54) is 31.8 Å². The van der Waals surface area contributed by atoms with Crippen LogP contribution in [-0.4, -0.2) is 69.2 Å². The number of fused-ring (bicyclic) bond motifs is 1. The Balaban J connectivity index is 1.19. The fraction of sp³-hybridized carbons (Fsp3) is 0.357. The lowest BCUT2D eigenvalue weighted by atomic mass is 10.1. The van der Waals surface area contributed by atoms with Crippen LogP contribution in [0.15, 0.2) is 48.1 Å². The van der Waals surface area contributed by atoms with E-state index >= 15 is 8.78 Å². The smallest absolute Gasteiger partial charge is 0.334 e. The number of aliphatic imine (C=N–C) groups is 1. The van der Waals surface area contributed by atoms with Crippen molar-refractivity contribution < 1.29 is 23.0 Å². The number of aryl methyl sites for hydroxylation is 1. The van der Waals surface area contributed by atoms with Gasteiger partial charge in [0.1, 0.15) is 30.2 Å². The molecule has 0 saturated carbocycles. The van der Waals surface area contributed by atoms with Crippen molar-refractivity contribution in [2.45, 2.75) is 38.3 Å². The molecule has 3 aromatic heterocycles. The van der Waals surface area contributed by atoms with Crippen molar-refractivity contribution in [2.24, 2.45) is 4.99 Å². The second kappa shape index (κ2) is 11.1. The molecular formula is C28H28F2N8O3. The summed E-state index contributed by atoms with van der Waals surface area (Å²) in [5.74, 6) is -0.649. The molecule has 1 atom stereocenters. The Kier molecular flexibility index (Phi) is 7.16. The van der Waals surface area contributed by atoms with E-state index < -0.39 is 23.6 Å². The Labute approximate surface area is 234 Å². The number of hydrogen-bond acceptors (Lipinski definition) is 10. The van der Waals surface area contributed by atoms with Crippen LogP contribution in [0.1, 0.15) is 36.9 Å². The predicted molar refractivity (Wildman–Crippen MR) is 147 cm³/mol. The number of anilines is 3. The van der Waals surface area contributed by atoms with Gasteiger partial charge < -0.3 is 24.3 Å². The van der Waals surface area contributed by atoms with Crippen LogP contribution in [0, 0.1) is 11.6 Å². The van der Waals surface area contributed by atoms with Gasteiger partial charge in [0, 0.05) is 43.3 Å². The molecule has 1 saturated heterocycles. The maximum atomic E-state index is 15.3. The Morgan fingerprint density at radius 3 is 2.61 bits per heavy atom. The molecule has 212 valence electrons. The molecule has 2 aliphatic heterocycles. The van der Waals surface area contributed by atoms with Crippen molar-refractivity contribution in [1.82, 2.24) is 24.5 Å². The van der Waals surface area contributed by atoms with E-state index in [9.17, 15) is 4.79 Å². The predicted octanol–water partition coefficient (Wildman–Crippen LogP) is 3.97. The van der Waals surface area contributed by atoms with E-state index in [0.717, 1.165) is 37.9 Å². The number of ether oxygens (including phenoxy) is 2. The summed E-state index contributed by atoms with van der Waals surface area (Å²) in [6.45, 7) is 3.53. The van der Waals surface area contributed by atoms with Crippen molar-refractivity contribution in [1.29, 1.82) is 0 Å². The average molecular weight is 563 g/mol. The van der Waals surface area contributed by atoms with Gasteiger partial charge in [-0.1, -0.05) is 6.92 Å².